The highest BCUT2D eigenvalue weighted by molar-refractivity contribution is 6.22. The fourth-order valence-electron chi connectivity index (χ4n) is 3.46. The molecule has 1 atom stereocenters. The Balaban J connectivity index is 1.39. The van der Waals surface area contributed by atoms with Gasteiger partial charge in [-0.2, -0.15) is 0 Å². The Labute approximate surface area is 162 Å². The Bertz CT molecular complexity index is 1070. The van der Waals surface area contributed by atoms with Crippen LogP contribution in [-0.2, 0) is 11.2 Å². The van der Waals surface area contributed by atoms with Crippen molar-refractivity contribution in [1.82, 2.24) is 19.6 Å². The van der Waals surface area contributed by atoms with E-state index in [1.807, 2.05) is 35.7 Å². The molecule has 142 valence electrons. The summed E-state index contributed by atoms with van der Waals surface area (Å²) in [6.07, 6.45) is 2.51. The lowest BCUT2D eigenvalue weighted by Gasteiger charge is -2.21. The Morgan fingerprint density at radius 3 is 2.39 bits per heavy atom. The first kappa shape index (κ1) is 17.9. The van der Waals surface area contributed by atoms with E-state index in [1.165, 1.54) is 0 Å². The molecule has 0 spiro atoms. The zero-order chi connectivity index (χ0) is 19.8. The van der Waals surface area contributed by atoms with E-state index >= 15 is 0 Å². The minimum absolute atomic E-state index is 0.340. The van der Waals surface area contributed by atoms with Gasteiger partial charge < -0.3 is 9.72 Å². The zero-order valence-electron chi connectivity index (χ0n) is 15.7. The van der Waals surface area contributed by atoms with E-state index in [1.54, 1.807) is 31.2 Å². The molecule has 7 heteroatoms. The van der Waals surface area contributed by atoms with Crippen LogP contribution in [-0.4, -0.2) is 44.6 Å². The van der Waals surface area contributed by atoms with Gasteiger partial charge in [-0.3, -0.25) is 19.3 Å². The summed E-state index contributed by atoms with van der Waals surface area (Å²) < 4.78 is 2.00. The number of hydrogen-bond donors (Lipinski definition) is 1. The van der Waals surface area contributed by atoms with E-state index in [0.29, 0.717) is 24.1 Å². The van der Waals surface area contributed by atoms with Gasteiger partial charge in [-0.05, 0) is 38.1 Å². The maximum absolute atomic E-state index is 12.5. The maximum Gasteiger partial charge on any atom is 0.262 e. The molecule has 1 aliphatic rings. The zero-order valence-corrected chi connectivity index (χ0v) is 15.7. The highest BCUT2D eigenvalue weighted by Gasteiger charge is 2.40. The number of hydrogen-bond acceptors (Lipinski definition) is 4. The van der Waals surface area contributed by atoms with Gasteiger partial charge in [-0.15, -0.1) is 0 Å². The van der Waals surface area contributed by atoms with E-state index < -0.39 is 17.9 Å². The lowest BCUT2D eigenvalue weighted by molar-refractivity contribution is -0.124. The Kier molecular flexibility index (Phi) is 4.43. The molecule has 7 nitrogen and oxygen atoms in total. The standard InChI is InChI=1S/C21H20N4O3/c1-13-6-5-9-18-23-15(12-24(13)18)10-11-22-19(26)14(2)25-20(27)16-7-3-4-8-17(16)21(25)28/h3-9,12,14H,10-11H2,1-2H3,(H,22,26). The molecule has 0 aliphatic carbocycles. The molecule has 0 bridgehead atoms. The summed E-state index contributed by atoms with van der Waals surface area (Å²) in [4.78, 5) is 43.0. The van der Waals surface area contributed by atoms with Crippen LogP contribution in [0.5, 0.6) is 0 Å². The number of carbonyl (C=O) groups excluding carboxylic acids is 3. The number of nitrogens with one attached hydrogen (secondary N) is 1. The average Bonchev–Trinajstić information content (AvgIpc) is 3.22. The number of aromatic nitrogens is 2. The van der Waals surface area contributed by atoms with Crippen LogP contribution in [0, 0.1) is 6.92 Å². The summed E-state index contributed by atoms with van der Waals surface area (Å²) in [5.41, 5.74) is 3.49. The first-order chi connectivity index (χ1) is 13.5. The highest BCUT2D eigenvalue weighted by atomic mass is 16.2. The van der Waals surface area contributed by atoms with Crippen molar-refractivity contribution in [1.29, 1.82) is 0 Å². The predicted molar refractivity (Wildman–Crippen MR) is 103 cm³/mol. The number of pyridine rings is 1. The van der Waals surface area contributed by atoms with Crippen molar-refractivity contribution in [2.45, 2.75) is 26.3 Å². The number of amides is 3. The molecule has 4 rings (SSSR count). The number of imide groups is 1. The second-order valence-electron chi connectivity index (χ2n) is 6.87. The molecule has 3 heterocycles. The molecule has 1 N–H and O–H groups in total. The van der Waals surface area contributed by atoms with Gasteiger partial charge in [-0.1, -0.05) is 18.2 Å². The number of carbonyl (C=O) groups is 3. The van der Waals surface area contributed by atoms with Crippen molar-refractivity contribution in [3.05, 3.63) is 71.2 Å². The Hall–Kier alpha value is -3.48. The first-order valence-electron chi connectivity index (χ1n) is 9.15. The van der Waals surface area contributed by atoms with Crippen LogP contribution in [0.25, 0.3) is 5.65 Å². The average molecular weight is 376 g/mol. The van der Waals surface area contributed by atoms with E-state index in [-0.39, 0.29) is 5.91 Å². The van der Waals surface area contributed by atoms with Crippen molar-refractivity contribution in [3.8, 4) is 0 Å². The summed E-state index contributed by atoms with van der Waals surface area (Å²) in [5.74, 6) is -1.23. The quantitative estimate of drug-likeness (QED) is 0.690. The summed E-state index contributed by atoms with van der Waals surface area (Å²) in [5, 5.41) is 2.80. The van der Waals surface area contributed by atoms with Crippen LogP contribution < -0.4 is 5.32 Å². The normalized spacial score (nSPS) is 14.4. The Morgan fingerprint density at radius 1 is 1.07 bits per heavy atom. The van der Waals surface area contributed by atoms with Crippen molar-refractivity contribution in [3.63, 3.8) is 0 Å². The molecule has 2 aromatic heterocycles. The fraction of sp³-hybridized carbons (Fsp3) is 0.238. The molecule has 1 unspecified atom stereocenters. The van der Waals surface area contributed by atoms with Gasteiger partial charge in [0.1, 0.15) is 11.7 Å². The van der Waals surface area contributed by atoms with E-state index in [4.69, 9.17) is 0 Å². The molecule has 0 fully saturated rings. The third-order valence-corrected chi connectivity index (χ3v) is 5.02. The lowest BCUT2D eigenvalue weighted by atomic mass is 10.1. The van der Waals surface area contributed by atoms with Crippen LogP contribution in [0.3, 0.4) is 0 Å². The fourth-order valence-corrected chi connectivity index (χ4v) is 3.46. The molecular formula is C21H20N4O3. The van der Waals surface area contributed by atoms with Crippen LogP contribution in [0.4, 0.5) is 0 Å². The predicted octanol–water partition coefficient (Wildman–Crippen LogP) is 1.99. The van der Waals surface area contributed by atoms with Gasteiger partial charge in [-0.25, -0.2) is 4.98 Å². The van der Waals surface area contributed by atoms with Crippen molar-refractivity contribution < 1.29 is 14.4 Å². The van der Waals surface area contributed by atoms with Crippen LogP contribution >= 0.6 is 0 Å². The second-order valence-corrected chi connectivity index (χ2v) is 6.87. The monoisotopic (exact) mass is 376 g/mol. The summed E-state index contributed by atoms with van der Waals surface area (Å²) in [6, 6.07) is 11.6. The second kappa shape index (κ2) is 6.92. The van der Waals surface area contributed by atoms with Crippen LogP contribution in [0.1, 0.15) is 39.0 Å². The number of benzene rings is 1. The van der Waals surface area contributed by atoms with Gasteiger partial charge in [0.05, 0.1) is 16.8 Å². The topological polar surface area (TPSA) is 83.8 Å². The summed E-state index contributed by atoms with van der Waals surface area (Å²) in [6.45, 7) is 3.94. The third-order valence-electron chi connectivity index (χ3n) is 5.02. The molecular weight excluding hydrogens is 356 g/mol. The summed E-state index contributed by atoms with van der Waals surface area (Å²) >= 11 is 0. The molecule has 0 saturated heterocycles. The van der Waals surface area contributed by atoms with Gasteiger partial charge >= 0.3 is 0 Å². The molecule has 1 aromatic carbocycles. The summed E-state index contributed by atoms with van der Waals surface area (Å²) in [7, 11) is 0. The van der Waals surface area contributed by atoms with E-state index in [9.17, 15) is 14.4 Å². The maximum atomic E-state index is 12.5. The van der Waals surface area contributed by atoms with Gasteiger partial charge in [0.2, 0.25) is 5.91 Å². The van der Waals surface area contributed by atoms with Crippen LogP contribution in [0.2, 0.25) is 0 Å². The first-order valence-corrected chi connectivity index (χ1v) is 9.15. The van der Waals surface area contributed by atoms with Crippen LogP contribution in [0.15, 0.2) is 48.7 Å². The molecule has 1 aliphatic heterocycles. The van der Waals surface area contributed by atoms with Gasteiger partial charge in [0, 0.05) is 24.9 Å². The SMILES string of the molecule is Cc1cccc2nc(CCNC(=O)C(C)N3C(=O)c4ccccc4C3=O)cn12. The molecule has 28 heavy (non-hydrogen) atoms. The number of rotatable bonds is 5. The Morgan fingerprint density at radius 2 is 1.75 bits per heavy atom. The number of aryl methyl sites for hydroxylation is 1. The minimum atomic E-state index is -0.879. The lowest BCUT2D eigenvalue weighted by Crippen LogP contribution is -2.48. The van der Waals surface area contributed by atoms with Crippen molar-refractivity contribution >= 4 is 23.4 Å². The smallest absolute Gasteiger partial charge is 0.262 e. The third kappa shape index (κ3) is 2.94. The number of fused-ring (bicyclic) bond motifs is 2. The van der Waals surface area contributed by atoms with E-state index in [2.05, 4.69) is 10.3 Å². The number of nitrogens with zero attached hydrogens (tertiary/aromatic N) is 3. The van der Waals surface area contributed by atoms with Crippen molar-refractivity contribution in [2.75, 3.05) is 6.54 Å². The molecule has 3 amide bonds. The number of imidazole rings is 1. The van der Waals surface area contributed by atoms with Crippen molar-refractivity contribution in [2.24, 2.45) is 0 Å². The van der Waals surface area contributed by atoms with E-state index in [0.717, 1.165) is 21.9 Å². The minimum Gasteiger partial charge on any atom is -0.354 e. The highest BCUT2D eigenvalue weighted by Crippen LogP contribution is 2.24. The molecule has 3 aromatic rings. The van der Waals surface area contributed by atoms with Gasteiger partial charge in [0.25, 0.3) is 11.8 Å². The van der Waals surface area contributed by atoms with Gasteiger partial charge in [0.15, 0.2) is 0 Å². The molecule has 0 radical (unpaired) electrons. The molecule has 0 saturated carbocycles. The largest absolute Gasteiger partial charge is 0.354 e.